The van der Waals surface area contributed by atoms with Gasteiger partial charge in [-0.25, -0.2) is 0 Å². The van der Waals surface area contributed by atoms with Gasteiger partial charge in [-0.1, -0.05) is 146 Å². The average Bonchev–Trinajstić information content (AvgIpc) is 3.84. The molecule has 2 heterocycles. The molecule has 0 unspecified atom stereocenters. The standard InChI is InChI=1S/C52H33NOS/c1-2-13-34(14-3-1)37-16-10-17-39(33-37)53(38-30-27-36(28-31-38)40-21-12-26-49-51(40)44-20-7-9-25-48(44)55-49)46-23-8-6-19-42(46)43-22-11-24-47-50(43)45-32-29-35-15-4-5-18-41(35)52(45)54-47/h1-33H. The number of rotatable bonds is 6. The molecule has 0 aliphatic heterocycles. The summed E-state index contributed by atoms with van der Waals surface area (Å²) in [6, 6.07) is 72.1. The van der Waals surface area contributed by atoms with Gasteiger partial charge in [0.2, 0.25) is 0 Å². The second kappa shape index (κ2) is 12.9. The minimum absolute atomic E-state index is 0.885. The van der Waals surface area contributed by atoms with Crippen LogP contribution in [0.3, 0.4) is 0 Å². The molecule has 258 valence electrons. The van der Waals surface area contributed by atoms with E-state index in [-0.39, 0.29) is 0 Å². The zero-order valence-electron chi connectivity index (χ0n) is 29.8. The Morgan fingerprint density at radius 1 is 0.382 bits per heavy atom. The van der Waals surface area contributed by atoms with Crippen molar-refractivity contribution in [3.63, 3.8) is 0 Å². The summed E-state index contributed by atoms with van der Waals surface area (Å²) >= 11 is 1.86. The molecule has 0 amide bonds. The van der Waals surface area contributed by atoms with E-state index in [1.54, 1.807) is 0 Å². The van der Waals surface area contributed by atoms with Crippen molar-refractivity contribution in [3.8, 4) is 33.4 Å². The summed E-state index contributed by atoms with van der Waals surface area (Å²) in [6.07, 6.45) is 0. The molecule has 0 radical (unpaired) electrons. The van der Waals surface area contributed by atoms with Crippen LogP contribution in [-0.4, -0.2) is 0 Å². The summed E-state index contributed by atoms with van der Waals surface area (Å²) in [5.41, 5.74) is 12.2. The lowest BCUT2D eigenvalue weighted by Gasteiger charge is -2.28. The van der Waals surface area contributed by atoms with Gasteiger partial charge in [0.25, 0.3) is 0 Å². The number of benzene rings is 9. The highest BCUT2D eigenvalue weighted by atomic mass is 32.1. The molecule has 0 fully saturated rings. The van der Waals surface area contributed by atoms with Gasteiger partial charge in [0.05, 0.1) is 5.69 Å². The number of furan rings is 1. The summed E-state index contributed by atoms with van der Waals surface area (Å²) in [5.74, 6) is 0. The molecule has 55 heavy (non-hydrogen) atoms. The van der Waals surface area contributed by atoms with Crippen LogP contribution in [0.15, 0.2) is 205 Å². The number of para-hydroxylation sites is 1. The van der Waals surface area contributed by atoms with E-state index in [0.29, 0.717) is 0 Å². The normalized spacial score (nSPS) is 11.6. The summed E-state index contributed by atoms with van der Waals surface area (Å²) in [7, 11) is 0. The van der Waals surface area contributed by atoms with E-state index < -0.39 is 0 Å². The van der Waals surface area contributed by atoms with Crippen molar-refractivity contribution in [1.82, 2.24) is 0 Å². The van der Waals surface area contributed by atoms with Crippen molar-refractivity contribution in [2.24, 2.45) is 0 Å². The van der Waals surface area contributed by atoms with E-state index in [9.17, 15) is 0 Å². The number of hydrogen-bond acceptors (Lipinski definition) is 3. The van der Waals surface area contributed by atoms with Crippen LogP contribution in [0.1, 0.15) is 0 Å². The molecule has 0 saturated carbocycles. The second-order valence-corrected chi connectivity index (χ2v) is 15.1. The lowest BCUT2D eigenvalue weighted by atomic mass is 9.95. The van der Waals surface area contributed by atoms with Gasteiger partial charge < -0.3 is 9.32 Å². The monoisotopic (exact) mass is 719 g/mol. The predicted octanol–water partition coefficient (Wildman–Crippen LogP) is 15.6. The molecular formula is C52H33NOS. The van der Waals surface area contributed by atoms with Crippen LogP contribution < -0.4 is 4.90 Å². The summed E-state index contributed by atoms with van der Waals surface area (Å²) < 4.78 is 9.28. The molecule has 3 heteroatoms. The van der Waals surface area contributed by atoms with E-state index in [1.807, 2.05) is 11.3 Å². The predicted molar refractivity (Wildman–Crippen MR) is 235 cm³/mol. The summed E-state index contributed by atoms with van der Waals surface area (Å²) in [6.45, 7) is 0. The zero-order valence-corrected chi connectivity index (χ0v) is 30.6. The van der Waals surface area contributed by atoms with Crippen molar-refractivity contribution in [2.75, 3.05) is 4.90 Å². The maximum atomic E-state index is 6.66. The Balaban J connectivity index is 1.11. The number of fused-ring (bicyclic) bond motifs is 8. The number of nitrogens with zero attached hydrogens (tertiary/aromatic N) is 1. The number of hydrogen-bond donors (Lipinski definition) is 0. The highest BCUT2D eigenvalue weighted by Crippen LogP contribution is 2.47. The summed E-state index contributed by atoms with van der Waals surface area (Å²) in [5, 5.41) is 7.18. The molecule has 0 atom stereocenters. The van der Waals surface area contributed by atoms with E-state index in [0.717, 1.165) is 55.5 Å². The third-order valence-electron chi connectivity index (χ3n) is 10.9. The highest BCUT2D eigenvalue weighted by molar-refractivity contribution is 7.25. The minimum atomic E-state index is 0.885. The number of anilines is 3. The first-order valence-corrected chi connectivity index (χ1v) is 19.5. The molecule has 0 bridgehead atoms. The Kier molecular flexibility index (Phi) is 7.39. The van der Waals surface area contributed by atoms with Crippen molar-refractivity contribution < 1.29 is 4.42 Å². The van der Waals surface area contributed by atoms with E-state index in [2.05, 4.69) is 205 Å². The third kappa shape index (κ3) is 5.24. The van der Waals surface area contributed by atoms with E-state index >= 15 is 0 Å². The fourth-order valence-corrected chi connectivity index (χ4v) is 9.49. The molecule has 9 aromatic carbocycles. The van der Waals surface area contributed by atoms with Crippen LogP contribution in [0.25, 0.3) is 86.3 Å². The molecule has 0 N–H and O–H groups in total. The molecule has 0 aliphatic carbocycles. The first kappa shape index (κ1) is 31.6. The van der Waals surface area contributed by atoms with Crippen LogP contribution in [-0.2, 0) is 0 Å². The third-order valence-corrected chi connectivity index (χ3v) is 12.0. The summed E-state index contributed by atoms with van der Waals surface area (Å²) in [4.78, 5) is 2.41. The van der Waals surface area contributed by atoms with Gasteiger partial charge >= 0.3 is 0 Å². The average molecular weight is 720 g/mol. The molecule has 0 spiro atoms. The molecule has 11 rings (SSSR count). The van der Waals surface area contributed by atoms with Crippen LogP contribution in [0, 0.1) is 0 Å². The molecule has 0 aliphatic rings. The number of thiophene rings is 1. The lowest BCUT2D eigenvalue weighted by Crippen LogP contribution is -2.11. The molecule has 0 saturated heterocycles. The second-order valence-electron chi connectivity index (χ2n) is 14.0. The molecule has 2 aromatic heterocycles. The van der Waals surface area contributed by atoms with Gasteiger partial charge in [-0.15, -0.1) is 11.3 Å². The van der Waals surface area contributed by atoms with Crippen molar-refractivity contribution in [2.45, 2.75) is 0 Å². The zero-order chi connectivity index (χ0) is 36.3. The van der Waals surface area contributed by atoms with Gasteiger partial charge in [-0.05, 0) is 87.8 Å². The van der Waals surface area contributed by atoms with Crippen molar-refractivity contribution in [3.05, 3.63) is 200 Å². The Hall–Kier alpha value is -6.94. The van der Waals surface area contributed by atoms with Gasteiger partial charge in [0.15, 0.2) is 0 Å². The molecule has 2 nitrogen and oxygen atoms in total. The first-order valence-electron chi connectivity index (χ1n) is 18.7. The fraction of sp³-hybridized carbons (Fsp3) is 0. The SMILES string of the molecule is c1ccc(-c2cccc(N(c3ccc(-c4cccc5sc6ccccc6c45)cc3)c3ccccc3-c3cccc4oc5c6ccccc6ccc5c34)c2)cc1. The van der Waals surface area contributed by atoms with Gasteiger partial charge in [0.1, 0.15) is 11.2 Å². The maximum Gasteiger partial charge on any atom is 0.143 e. The molecular weight excluding hydrogens is 687 g/mol. The fourth-order valence-electron chi connectivity index (χ4n) is 8.36. The Morgan fingerprint density at radius 2 is 1.07 bits per heavy atom. The van der Waals surface area contributed by atoms with Gasteiger partial charge in [0, 0.05) is 53.3 Å². The van der Waals surface area contributed by atoms with Crippen LogP contribution >= 0.6 is 11.3 Å². The van der Waals surface area contributed by atoms with Crippen LogP contribution in [0.4, 0.5) is 17.1 Å². The lowest BCUT2D eigenvalue weighted by molar-refractivity contribution is 0.673. The largest absolute Gasteiger partial charge is 0.455 e. The van der Waals surface area contributed by atoms with Gasteiger partial charge in [-0.3, -0.25) is 0 Å². The van der Waals surface area contributed by atoms with Crippen LogP contribution in [0.5, 0.6) is 0 Å². The Morgan fingerprint density at radius 3 is 1.98 bits per heavy atom. The topological polar surface area (TPSA) is 16.4 Å². The Labute approximate surface area is 322 Å². The van der Waals surface area contributed by atoms with Crippen molar-refractivity contribution >= 4 is 81.3 Å². The first-order chi connectivity index (χ1) is 27.3. The van der Waals surface area contributed by atoms with E-state index in [1.165, 1.54) is 47.8 Å². The highest BCUT2D eigenvalue weighted by Gasteiger charge is 2.22. The smallest absolute Gasteiger partial charge is 0.143 e. The van der Waals surface area contributed by atoms with E-state index in [4.69, 9.17) is 4.42 Å². The van der Waals surface area contributed by atoms with Crippen molar-refractivity contribution in [1.29, 1.82) is 0 Å². The maximum absolute atomic E-state index is 6.66. The molecule has 11 aromatic rings. The van der Waals surface area contributed by atoms with Crippen LogP contribution in [0.2, 0.25) is 0 Å². The minimum Gasteiger partial charge on any atom is -0.455 e. The quantitative estimate of drug-likeness (QED) is 0.170. The Bertz CT molecular complexity index is 3210. The van der Waals surface area contributed by atoms with Gasteiger partial charge in [-0.2, -0.15) is 0 Å².